The largest absolute Gasteiger partial charge is 0.353 e. The second-order valence-corrected chi connectivity index (χ2v) is 4.09. The van der Waals surface area contributed by atoms with Gasteiger partial charge < -0.3 is 9.47 Å². The van der Waals surface area contributed by atoms with Crippen LogP contribution in [0.1, 0.15) is 29.6 Å². The van der Waals surface area contributed by atoms with Crippen LogP contribution in [-0.4, -0.2) is 25.3 Å². The predicted molar refractivity (Wildman–Crippen MR) is 60.2 cm³/mol. The Morgan fingerprint density at radius 1 is 1.28 bits per heavy atom. The maximum absolute atomic E-state index is 13.4. The first-order valence-corrected chi connectivity index (χ1v) is 5.89. The van der Waals surface area contributed by atoms with Crippen LogP contribution in [0.4, 0.5) is 8.78 Å². The predicted octanol–water partition coefficient (Wildman–Crippen LogP) is 2.69. The van der Waals surface area contributed by atoms with Crippen molar-refractivity contribution in [1.82, 2.24) is 0 Å². The van der Waals surface area contributed by atoms with Crippen LogP contribution < -0.4 is 0 Å². The average Bonchev–Trinajstić information content (AvgIpc) is 2.40. The minimum atomic E-state index is -1.09. The number of ketones is 1. The van der Waals surface area contributed by atoms with E-state index >= 15 is 0 Å². The fourth-order valence-corrected chi connectivity index (χ4v) is 1.81. The first kappa shape index (κ1) is 13.1. The summed E-state index contributed by atoms with van der Waals surface area (Å²) in [6.45, 7) is 1.21. The number of carbonyl (C=O) groups is 1. The standard InChI is InChI=1S/C13H14F2O3/c14-10-4-1-3-9(13(10)15)11(16)5-6-12-17-7-2-8-18-12/h1,3-4,12H,2,5-8H2. The molecule has 3 nitrogen and oxygen atoms in total. The summed E-state index contributed by atoms with van der Waals surface area (Å²) < 4.78 is 36.9. The quantitative estimate of drug-likeness (QED) is 0.777. The van der Waals surface area contributed by atoms with Crippen molar-refractivity contribution in [2.45, 2.75) is 25.6 Å². The number of benzene rings is 1. The molecule has 0 saturated carbocycles. The Morgan fingerprint density at radius 2 is 2.00 bits per heavy atom. The SMILES string of the molecule is O=C(CCC1OCCCO1)c1cccc(F)c1F. The Bertz CT molecular complexity index is 428. The maximum Gasteiger partial charge on any atom is 0.169 e. The Labute approximate surface area is 104 Å². The third-order valence-corrected chi connectivity index (χ3v) is 2.76. The Morgan fingerprint density at radius 3 is 2.72 bits per heavy atom. The molecular formula is C13H14F2O3. The number of hydrogen-bond donors (Lipinski definition) is 0. The van der Waals surface area contributed by atoms with Gasteiger partial charge in [-0.1, -0.05) is 6.07 Å². The number of ether oxygens (including phenoxy) is 2. The Balaban J connectivity index is 1.93. The molecule has 1 aliphatic rings. The van der Waals surface area contributed by atoms with Crippen molar-refractivity contribution in [3.05, 3.63) is 35.4 Å². The number of Topliss-reactive ketones (excluding diaryl/α,β-unsaturated/α-hetero) is 1. The van der Waals surface area contributed by atoms with E-state index in [9.17, 15) is 13.6 Å². The Kier molecular flexibility index (Phi) is 4.38. The van der Waals surface area contributed by atoms with Crippen LogP contribution in [0.5, 0.6) is 0 Å². The average molecular weight is 256 g/mol. The summed E-state index contributed by atoms with van der Waals surface area (Å²) in [7, 11) is 0. The summed E-state index contributed by atoms with van der Waals surface area (Å²) >= 11 is 0. The zero-order valence-electron chi connectivity index (χ0n) is 9.83. The first-order chi connectivity index (χ1) is 8.68. The molecule has 0 aromatic heterocycles. The number of halogens is 2. The van der Waals surface area contributed by atoms with Crippen molar-refractivity contribution in [1.29, 1.82) is 0 Å². The molecule has 5 heteroatoms. The van der Waals surface area contributed by atoms with Crippen LogP contribution in [0.15, 0.2) is 18.2 Å². The molecule has 1 aromatic carbocycles. The smallest absolute Gasteiger partial charge is 0.169 e. The van der Waals surface area contributed by atoms with Gasteiger partial charge in [-0.25, -0.2) is 8.78 Å². The molecule has 1 fully saturated rings. The summed E-state index contributed by atoms with van der Waals surface area (Å²) in [4.78, 5) is 11.7. The fourth-order valence-electron chi connectivity index (χ4n) is 1.81. The summed E-state index contributed by atoms with van der Waals surface area (Å²) in [6, 6.07) is 3.59. The first-order valence-electron chi connectivity index (χ1n) is 5.89. The lowest BCUT2D eigenvalue weighted by Gasteiger charge is -2.22. The fraction of sp³-hybridized carbons (Fsp3) is 0.462. The lowest BCUT2D eigenvalue weighted by molar-refractivity contribution is -0.180. The lowest BCUT2D eigenvalue weighted by atomic mass is 10.1. The second kappa shape index (κ2) is 6.02. The molecule has 0 bridgehead atoms. The van der Waals surface area contributed by atoms with E-state index in [4.69, 9.17) is 9.47 Å². The van der Waals surface area contributed by atoms with Gasteiger partial charge in [0, 0.05) is 12.8 Å². The third-order valence-electron chi connectivity index (χ3n) is 2.76. The minimum absolute atomic E-state index is 0.0744. The van der Waals surface area contributed by atoms with Crippen LogP contribution in [0.25, 0.3) is 0 Å². The van der Waals surface area contributed by atoms with Gasteiger partial charge in [-0.3, -0.25) is 4.79 Å². The van der Waals surface area contributed by atoms with Gasteiger partial charge >= 0.3 is 0 Å². The number of carbonyl (C=O) groups excluding carboxylic acids is 1. The molecule has 2 rings (SSSR count). The van der Waals surface area contributed by atoms with E-state index in [1.807, 2.05) is 0 Å². The van der Waals surface area contributed by atoms with Gasteiger partial charge in [-0.15, -0.1) is 0 Å². The molecule has 18 heavy (non-hydrogen) atoms. The number of hydrogen-bond acceptors (Lipinski definition) is 3. The Hall–Kier alpha value is -1.33. The van der Waals surface area contributed by atoms with E-state index < -0.39 is 23.7 Å². The molecule has 0 aliphatic carbocycles. The third kappa shape index (κ3) is 3.11. The molecule has 0 spiro atoms. The van der Waals surface area contributed by atoms with Crippen LogP contribution in [0, 0.1) is 11.6 Å². The van der Waals surface area contributed by atoms with Crippen molar-refractivity contribution in [2.24, 2.45) is 0 Å². The van der Waals surface area contributed by atoms with Crippen molar-refractivity contribution in [3.8, 4) is 0 Å². The highest BCUT2D eigenvalue weighted by Crippen LogP contribution is 2.17. The van der Waals surface area contributed by atoms with Gasteiger partial charge in [0.25, 0.3) is 0 Å². The topological polar surface area (TPSA) is 35.5 Å². The highest BCUT2D eigenvalue weighted by molar-refractivity contribution is 5.96. The van der Waals surface area contributed by atoms with Gasteiger partial charge in [0.05, 0.1) is 18.8 Å². The van der Waals surface area contributed by atoms with E-state index in [0.29, 0.717) is 19.6 Å². The molecule has 1 aromatic rings. The van der Waals surface area contributed by atoms with Gasteiger partial charge in [0.1, 0.15) is 0 Å². The van der Waals surface area contributed by atoms with E-state index in [1.54, 1.807) is 0 Å². The van der Waals surface area contributed by atoms with Gasteiger partial charge in [-0.05, 0) is 18.6 Å². The monoisotopic (exact) mass is 256 g/mol. The van der Waals surface area contributed by atoms with Gasteiger partial charge in [0.2, 0.25) is 0 Å². The molecule has 1 saturated heterocycles. The van der Waals surface area contributed by atoms with E-state index in [-0.39, 0.29) is 12.0 Å². The molecule has 0 unspecified atom stereocenters. The summed E-state index contributed by atoms with van der Waals surface area (Å²) in [5.74, 6) is -2.54. The number of rotatable bonds is 4. The van der Waals surface area contributed by atoms with Crippen LogP contribution in [0.2, 0.25) is 0 Å². The van der Waals surface area contributed by atoms with Crippen molar-refractivity contribution in [2.75, 3.05) is 13.2 Å². The van der Waals surface area contributed by atoms with Crippen molar-refractivity contribution in [3.63, 3.8) is 0 Å². The second-order valence-electron chi connectivity index (χ2n) is 4.09. The zero-order chi connectivity index (χ0) is 13.0. The molecule has 1 heterocycles. The van der Waals surface area contributed by atoms with Crippen LogP contribution in [-0.2, 0) is 9.47 Å². The lowest BCUT2D eigenvalue weighted by Crippen LogP contribution is -2.25. The normalized spacial score (nSPS) is 16.8. The van der Waals surface area contributed by atoms with Gasteiger partial charge in [-0.2, -0.15) is 0 Å². The molecule has 0 radical (unpaired) electrons. The molecular weight excluding hydrogens is 242 g/mol. The summed E-state index contributed by atoms with van der Waals surface area (Å²) in [5, 5.41) is 0. The van der Waals surface area contributed by atoms with Crippen molar-refractivity contribution < 1.29 is 23.0 Å². The van der Waals surface area contributed by atoms with Crippen LogP contribution in [0.3, 0.4) is 0 Å². The van der Waals surface area contributed by atoms with Crippen LogP contribution >= 0.6 is 0 Å². The molecule has 1 aliphatic heterocycles. The maximum atomic E-state index is 13.4. The summed E-state index contributed by atoms with van der Waals surface area (Å²) in [6.07, 6.45) is 0.849. The highest BCUT2D eigenvalue weighted by atomic mass is 19.2. The van der Waals surface area contributed by atoms with Gasteiger partial charge in [0.15, 0.2) is 23.7 Å². The highest BCUT2D eigenvalue weighted by Gasteiger charge is 2.19. The zero-order valence-corrected chi connectivity index (χ0v) is 9.83. The molecule has 0 amide bonds. The van der Waals surface area contributed by atoms with E-state index in [0.717, 1.165) is 12.5 Å². The van der Waals surface area contributed by atoms with Crippen molar-refractivity contribution >= 4 is 5.78 Å². The molecule has 0 N–H and O–H groups in total. The molecule has 98 valence electrons. The summed E-state index contributed by atoms with van der Waals surface area (Å²) in [5.41, 5.74) is -0.217. The van der Waals surface area contributed by atoms with E-state index in [1.165, 1.54) is 12.1 Å². The van der Waals surface area contributed by atoms with E-state index in [2.05, 4.69) is 0 Å². The minimum Gasteiger partial charge on any atom is -0.353 e. The molecule has 0 atom stereocenters.